The number of ether oxygens (including phenoxy) is 2. The fourth-order valence-electron chi connectivity index (χ4n) is 3.54. The smallest absolute Gasteiger partial charge is 0.269 e. The maximum Gasteiger partial charge on any atom is 0.269 e. The predicted molar refractivity (Wildman–Crippen MR) is 99.6 cm³/mol. The molecule has 0 aliphatic carbocycles. The van der Waals surface area contributed by atoms with E-state index in [-0.39, 0.29) is 17.8 Å². The van der Waals surface area contributed by atoms with E-state index in [2.05, 4.69) is 20.8 Å². The molecule has 0 unspecified atom stereocenters. The van der Waals surface area contributed by atoms with Crippen molar-refractivity contribution in [1.29, 1.82) is 0 Å². The first-order valence-electron chi connectivity index (χ1n) is 8.62. The van der Waals surface area contributed by atoms with Gasteiger partial charge >= 0.3 is 0 Å². The molecule has 4 rings (SSSR count). The van der Waals surface area contributed by atoms with Crippen LogP contribution in [0.5, 0.6) is 11.5 Å². The molecule has 0 fully saturated rings. The molecular formula is C18H18N6O4. The summed E-state index contributed by atoms with van der Waals surface area (Å²) < 4.78 is 12.7. The fraction of sp³-hybridized carbons (Fsp3) is 0.278. The van der Waals surface area contributed by atoms with Crippen molar-refractivity contribution >= 4 is 11.6 Å². The summed E-state index contributed by atoms with van der Waals surface area (Å²) in [6.45, 7) is 0. The highest BCUT2D eigenvalue weighted by molar-refractivity contribution is 5.50. The third-order valence-corrected chi connectivity index (χ3v) is 4.83. The van der Waals surface area contributed by atoms with Gasteiger partial charge < -0.3 is 14.8 Å². The summed E-state index contributed by atoms with van der Waals surface area (Å²) in [5.74, 6) is 1.70. The summed E-state index contributed by atoms with van der Waals surface area (Å²) in [6.07, 6.45) is 0.572. The molecule has 10 nitrogen and oxygen atoms in total. The maximum absolute atomic E-state index is 11.2. The van der Waals surface area contributed by atoms with Gasteiger partial charge in [-0.3, -0.25) is 10.1 Å². The lowest BCUT2D eigenvalue weighted by Crippen LogP contribution is -2.28. The van der Waals surface area contributed by atoms with Gasteiger partial charge in [0.05, 0.1) is 31.2 Å². The van der Waals surface area contributed by atoms with E-state index in [1.165, 1.54) is 6.07 Å². The van der Waals surface area contributed by atoms with Crippen LogP contribution in [0.15, 0.2) is 42.5 Å². The molecule has 0 amide bonds. The number of para-hydroxylation sites is 1. The first-order chi connectivity index (χ1) is 13.6. The molecule has 10 heteroatoms. The number of fused-ring (bicyclic) bond motifs is 1. The number of aromatic nitrogens is 4. The van der Waals surface area contributed by atoms with Gasteiger partial charge in [-0.15, -0.1) is 0 Å². The second-order valence-electron chi connectivity index (χ2n) is 6.33. The van der Waals surface area contributed by atoms with E-state index in [4.69, 9.17) is 9.47 Å². The lowest BCUT2D eigenvalue weighted by molar-refractivity contribution is -0.384. The molecule has 2 heterocycles. The Morgan fingerprint density at radius 3 is 2.79 bits per heavy atom. The van der Waals surface area contributed by atoms with E-state index in [0.717, 1.165) is 11.1 Å². The number of non-ortho nitro benzene ring substituents is 1. The lowest BCUT2D eigenvalue weighted by atomic mass is 9.92. The van der Waals surface area contributed by atoms with E-state index in [1.807, 2.05) is 24.3 Å². The first kappa shape index (κ1) is 17.7. The number of nitrogens with one attached hydrogen (secondary N) is 1. The molecule has 3 aromatic rings. The maximum atomic E-state index is 11.2. The number of hydrogen-bond donors (Lipinski definition) is 1. The van der Waals surface area contributed by atoms with Crippen molar-refractivity contribution in [2.75, 3.05) is 19.5 Å². The normalized spacial score (nSPS) is 18.1. The van der Waals surface area contributed by atoms with Gasteiger partial charge in [0.1, 0.15) is 0 Å². The zero-order valence-electron chi connectivity index (χ0n) is 15.3. The summed E-state index contributed by atoms with van der Waals surface area (Å²) in [4.78, 5) is 10.7. The van der Waals surface area contributed by atoms with E-state index in [9.17, 15) is 10.1 Å². The van der Waals surface area contributed by atoms with Gasteiger partial charge in [0, 0.05) is 17.7 Å². The van der Waals surface area contributed by atoms with Crippen LogP contribution in [0.2, 0.25) is 0 Å². The Kier molecular flexibility index (Phi) is 4.52. The van der Waals surface area contributed by atoms with Crippen LogP contribution < -0.4 is 14.8 Å². The zero-order valence-corrected chi connectivity index (χ0v) is 15.3. The van der Waals surface area contributed by atoms with Crippen LogP contribution in [-0.2, 0) is 0 Å². The summed E-state index contributed by atoms with van der Waals surface area (Å²) in [5, 5.41) is 26.3. The Morgan fingerprint density at radius 1 is 1.21 bits per heavy atom. The topological polar surface area (TPSA) is 117 Å². The number of nitro benzene ring substituents is 1. The van der Waals surface area contributed by atoms with Crippen LogP contribution in [0, 0.1) is 10.1 Å². The van der Waals surface area contributed by atoms with Gasteiger partial charge in [-0.05, 0) is 28.5 Å². The summed E-state index contributed by atoms with van der Waals surface area (Å²) in [7, 11) is 3.17. The number of hydrogen-bond acceptors (Lipinski definition) is 8. The molecule has 0 saturated carbocycles. The molecule has 0 spiro atoms. The second-order valence-corrected chi connectivity index (χ2v) is 6.33. The summed E-state index contributed by atoms with van der Waals surface area (Å²) >= 11 is 0. The number of anilines is 1. The van der Waals surface area contributed by atoms with Crippen LogP contribution in [-0.4, -0.2) is 39.4 Å². The fourth-order valence-corrected chi connectivity index (χ4v) is 3.54. The van der Waals surface area contributed by atoms with Crippen molar-refractivity contribution in [3.63, 3.8) is 0 Å². The molecule has 28 heavy (non-hydrogen) atoms. The quantitative estimate of drug-likeness (QED) is 0.529. The number of tetrazole rings is 1. The van der Waals surface area contributed by atoms with Crippen molar-refractivity contribution in [2.45, 2.75) is 18.5 Å². The standard InChI is InChI=1S/C18H18N6O4/c1-27-16-8-4-7-13(17(16)28-2)15-10-14(19-18-20-21-22-23(15)18)11-5-3-6-12(9-11)24(25)26/h3-9,14-15H,10H2,1-2H3,(H,19,20,22)/t14-,15-/m1/s1. The Bertz CT molecular complexity index is 1020. The molecule has 1 aromatic heterocycles. The molecule has 0 radical (unpaired) electrons. The minimum atomic E-state index is -0.404. The average molecular weight is 382 g/mol. The number of rotatable bonds is 5. The average Bonchev–Trinajstić information content (AvgIpc) is 3.21. The SMILES string of the molecule is COc1cccc([C@H]2C[C@H](c3cccc([N+](=O)[O-])c3)Nc3nnnn32)c1OC. The monoisotopic (exact) mass is 382 g/mol. The van der Waals surface area contributed by atoms with Crippen molar-refractivity contribution in [1.82, 2.24) is 20.2 Å². The minimum Gasteiger partial charge on any atom is -0.493 e. The Hall–Kier alpha value is -3.69. The van der Waals surface area contributed by atoms with Crippen LogP contribution >= 0.6 is 0 Å². The molecule has 2 atom stereocenters. The van der Waals surface area contributed by atoms with Crippen molar-refractivity contribution in [2.24, 2.45) is 0 Å². The number of benzene rings is 2. The van der Waals surface area contributed by atoms with Gasteiger partial charge in [0.2, 0.25) is 5.95 Å². The van der Waals surface area contributed by atoms with E-state index < -0.39 is 4.92 Å². The molecule has 1 N–H and O–H groups in total. The Labute approximate surface area is 160 Å². The predicted octanol–water partition coefficient (Wildman–Crippen LogP) is 2.74. The third-order valence-electron chi connectivity index (χ3n) is 4.83. The Balaban J connectivity index is 1.78. The first-order valence-corrected chi connectivity index (χ1v) is 8.62. The molecule has 1 aliphatic rings. The highest BCUT2D eigenvalue weighted by Gasteiger charge is 2.33. The molecule has 144 valence electrons. The van der Waals surface area contributed by atoms with Crippen LogP contribution in [0.4, 0.5) is 11.6 Å². The Morgan fingerprint density at radius 2 is 2.04 bits per heavy atom. The van der Waals surface area contributed by atoms with Crippen molar-refractivity contribution in [3.8, 4) is 11.5 Å². The van der Waals surface area contributed by atoms with Crippen molar-refractivity contribution < 1.29 is 14.4 Å². The minimum absolute atomic E-state index is 0.0416. The highest BCUT2D eigenvalue weighted by atomic mass is 16.6. The largest absolute Gasteiger partial charge is 0.493 e. The van der Waals surface area contributed by atoms with E-state index in [0.29, 0.717) is 23.9 Å². The van der Waals surface area contributed by atoms with Crippen LogP contribution in [0.1, 0.15) is 29.6 Å². The van der Waals surface area contributed by atoms with Gasteiger partial charge in [-0.25, -0.2) is 4.68 Å². The van der Waals surface area contributed by atoms with Crippen LogP contribution in [0.3, 0.4) is 0 Å². The molecular weight excluding hydrogens is 364 g/mol. The zero-order chi connectivity index (χ0) is 19.7. The van der Waals surface area contributed by atoms with Crippen LogP contribution in [0.25, 0.3) is 0 Å². The summed E-state index contributed by atoms with van der Waals surface area (Å²) in [5.41, 5.74) is 1.70. The van der Waals surface area contributed by atoms with Gasteiger partial charge in [-0.2, -0.15) is 0 Å². The lowest BCUT2D eigenvalue weighted by Gasteiger charge is -2.31. The molecule has 0 saturated heterocycles. The number of methoxy groups -OCH3 is 2. The second kappa shape index (κ2) is 7.14. The number of nitro groups is 1. The number of nitrogens with zero attached hydrogens (tertiary/aromatic N) is 5. The highest BCUT2D eigenvalue weighted by Crippen LogP contribution is 2.43. The molecule has 2 aromatic carbocycles. The van der Waals surface area contributed by atoms with Gasteiger partial charge in [0.25, 0.3) is 5.69 Å². The van der Waals surface area contributed by atoms with E-state index in [1.54, 1.807) is 31.0 Å². The van der Waals surface area contributed by atoms with Crippen molar-refractivity contribution in [3.05, 3.63) is 63.7 Å². The van der Waals surface area contributed by atoms with E-state index >= 15 is 0 Å². The van der Waals surface area contributed by atoms with Gasteiger partial charge in [0.15, 0.2) is 11.5 Å². The van der Waals surface area contributed by atoms with Gasteiger partial charge in [-0.1, -0.05) is 29.4 Å². The molecule has 0 bridgehead atoms. The summed E-state index contributed by atoms with van der Waals surface area (Å²) in [6, 6.07) is 11.8. The third kappa shape index (κ3) is 2.98. The molecule has 1 aliphatic heterocycles.